The number of anilines is 1. The van der Waals surface area contributed by atoms with Crippen molar-refractivity contribution in [3.05, 3.63) is 23.9 Å². The highest BCUT2D eigenvalue weighted by Crippen LogP contribution is 2.14. The Morgan fingerprint density at radius 3 is 2.94 bits per heavy atom. The second kappa shape index (κ2) is 6.60. The topological polar surface area (TPSA) is 69.0 Å². The molecule has 0 radical (unpaired) electrons. The van der Waals surface area contributed by atoms with E-state index in [-0.39, 0.29) is 11.8 Å². The third-order valence-electron chi connectivity index (χ3n) is 2.66. The second-order valence-electron chi connectivity index (χ2n) is 4.02. The summed E-state index contributed by atoms with van der Waals surface area (Å²) in [5, 5.41) is 11.7. The molecule has 0 saturated carbocycles. The highest BCUT2D eigenvalue weighted by molar-refractivity contribution is 5.98. The number of nitrogens with zero attached hydrogens (tertiary/aromatic N) is 3. The molecule has 1 atom stereocenters. The lowest BCUT2D eigenvalue weighted by molar-refractivity contribution is 0.0753. The quantitative estimate of drug-likeness (QED) is 0.859. The first-order valence-corrected chi connectivity index (χ1v) is 5.95. The van der Waals surface area contributed by atoms with Gasteiger partial charge >= 0.3 is 0 Å². The summed E-state index contributed by atoms with van der Waals surface area (Å²) < 4.78 is 0. The lowest BCUT2D eigenvalue weighted by Crippen LogP contribution is -2.34. The third kappa shape index (κ3) is 3.20. The summed E-state index contributed by atoms with van der Waals surface area (Å²) in [6, 6.07) is 5.61. The molecule has 0 bridgehead atoms. The summed E-state index contributed by atoms with van der Waals surface area (Å²) in [6.07, 6.45) is 1.64. The molecule has 96 valence electrons. The zero-order valence-electron chi connectivity index (χ0n) is 11.0. The van der Waals surface area contributed by atoms with Gasteiger partial charge in [0.05, 0.1) is 17.6 Å². The summed E-state index contributed by atoms with van der Waals surface area (Å²) in [7, 11) is 1.73. The van der Waals surface area contributed by atoms with E-state index in [9.17, 15) is 4.79 Å². The monoisotopic (exact) mass is 246 g/mol. The van der Waals surface area contributed by atoms with Crippen molar-refractivity contribution in [3.8, 4) is 6.07 Å². The maximum Gasteiger partial charge on any atom is 0.257 e. The maximum atomic E-state index is 12.3. The Balaban J connectivity index is 2.93. The summed E-state index contributed by atoms with van der Waals surface area (Å²) >= 11 is 0. The Labute approximate surface area is 107 Å². The van der Waals surface area contributed by atoms with Crippen LogP contribution in [0.15, 0.2) is 18.3 Å². The molecule has 0 aliphatic rings. The zero-order valence-corrected chi connectivity index (χ0v) is 11.0. The molecule has 1 unspecified atom stereocenters. The van der Waals surface area contributed by atoms with Crippen molar-refractivity contribution < 1.29 is 4.79 Å². The van der Waals surface area contributed by atoms with E-state index in [2.05, 4.69) is 16.4 Å². The smallest absolute Gasteiger partial charge is 0.257 e. The van der Waals surface area contributed by atoms with Crippen LogP contribution in [0.4, 0.5) is 5.82 Å². The van der Waals surface area contributed by atoms with Gasteiger partial charge in [0, 0.05) is 26.3 Å². The largest absolute Gasteiger partial charge is 0.372 e. The fraction of sp³-hybridized carbons (Fsp3) is 0.462. The fourth-order valence-corrected chi connectivity index (χ4v) is 1.67. The van der Waals surface area contributed by atoms with Crippen LogP contribution < -0.4 is 5.32 Å². The second-order valence-corrected chi connectivity index (χ2v) is 4.02. The molecule has 1 heterocycles. The lowest BCUT2D eigenvalue weighted by Gasteiger charge is -2.22. The number of nitrogens with one attached hydrogen (secondary N) is 1. The van der Waals surface area contributed by atoms with E-state index in [4.69, 9.17) is 5.26 Å². The average Bonchev–Trinajstić information content (AvgIpc) is 2.43. The van der Waals surface area contributed by atoms with Crippen molar-refractivity contribution in [2.24, 2.45) is 5.92 Å². The number of carbonyl (C=O) groups is 1. The van der Waals surface area contributed by atoms with Gasteiger partial charge in [-0.25, -0.2) is 4.98 Å². The minimum atomic E-state index is -0.177. The molecule has 1 aromatic heterocycles. The molecule has 1 rings (SSSR count). The fourth-order valence-electron chi connectivity index (χ4n) is 1.67. The van der Waals surface area contributed by atoms with Crippen LogP contribution in [0.1, 0.15) is 24.2 Å². The number of rotatable bonds is 5. The van der Waals surface area contributed by atoms with E-state index < -0.39 is 0 Å². The number of aromatic nitrogens is 1. The van der Waals surface area contributed by atoms with Crippen LogP contribution in [0.5, 0.6) is 0 Å². The van der Waals surface area contributed by atoms with Crippen molar-refractivity contribution in [2.75, 3.05) is 25.5 Å². The average molecular weight is 246 g/mol. The van der Waals surface area contributed by atoms with E-state index in [1.165, 1.54) is 0 Å². The van der Waals surface area contributed by atoms with Gasteiger partial charge in [0.1, 0.15) is 5.82 Å². The van der Waals surface area contributed by atoms with Gasteiger partial charge in [-0.3, -0.25) is 4.79 Å². The first-order chi connectivity index (χ1) is 8.63. The summed E-state index contributed by atoms with van der Waals surface area (Å²) in [5.41, 5.74) is 0.534. The SMILES string of the molecule is CCN(CC(C)C#N)C(=O)c1cccnc1NC. The molecule has 18 heavy (non-hydrogen) atoms. The van der Waals surface area contributed by atoms with Crippen molar-refractivity contribution >= 4 is 11.7 Å². The number of hydrogen-bond acceptors (Lipinski definition) is 4. The van der Waals surface area contributed by atoms with Crippen LogP contribution in [-0.4, -0.2) is 35.9 Å². The minimum absolute atomic E-state index is 0.1000. The van der Waals surface area contributed by atoms with Gasteiger partial charge in [-0.1, -0.05) is 0 Å². The number of carbonyl (C=O) groups excluding carboxylic acids is 1. The Hall–Kier alpha value is -2.09. The van der Waals surface area contributed by atoms with Crippen LogP contribution in [0.25, 0.3) is 0 Å². The molecule has 1 N–H and O–H groups in total. The first-order valence-electron chi connectivity index (χ1n) is 5.95. The molecule has 0 aromatic carbocycles. The molecule has 0 saturated heterocycles. The van der Waals surface area contributed by atoms with Crippen LogP contribution in [-0.2, 0) is 0 Å². The molecule has 5 heteroatoms. The van der Waals surface area contributed by atoms with Crippen LogP contribution in [0.2, 0.25) is 0 Å². The Morgan fingerprint density at radius 2 is 2.39 bits per heavy atom. The molecule has 5 nitrogen and oxygen atoms in total. The molecular formula is C13H18N4O. The van der Waals surface area contributed by atoms with Crippen molar-refractivity contribution in [1.82, 2.24) is 9.88 Å². The predicted octanol–water partition coefficient (Wildman–Crippen LogP) is 1.75. The molecule has 1 amide bonds. The van der Waals surface area contributed by atoms with Crippen LogP contribution in [0, 0.1) is 17.2 Å². The summed E-state index contributed by atoms with van der Waals surface area (Å²) in [4.78, 5) is 18.1. The Morgan fingerprint density at radius 1 is 1.67 bits per heavy atom. The zero-order chi connectivity index (χ0) is 13.5. The van der Waals surface area contributed by atoms with Crippen LogP contribution in [0.3, 0.4) is 0 Å². The molecular weight excluding hydrogens is 228 g/mol. The maximum absolute atomic E-state index is 12.3. The third-order valence-corrected chi connectivity index (χ3v) is 2.66. The van der Waals surface area contributed by atoms with Crippen molar-refractivity contribution in [3.63, 3.8) is 0 Å². The highest BCUT2D eigenvalue weighted by Gasteiger charge is 2.19. The van der Waals surface area contributed by atoms with E-state index >= 15 is 0 Å². The Bertz CT molecular complexity index is 453. The number of pyridine rings is 1. The van der Waals surface area contributed by atoms with Crippen molar-refractivity contribution in [1.29, 1.82) is 5.26 Å². The van der Waals surface area contributed by atoms with Gasteiger partial charge in [-0.05, 0) is 26.0 Å². The summed E-state index contributed by atoms with van der Waals surface area (Å²) in [6.45, 7) is 4.71. The number of nitriles is 1. The van der Waals surface area contributed by atoms with Gasteiger partial charge in [-0.15, -0.1) is 0 Å². The minimum Gasteiger partial charge on any atom is -0.372 e. The van der Waals surface area contributed by atoms with E-state index in [1.54, 1.807) is 37.2 Å². The van der Waals surface area contributed by atoms with Gasteiger partial charge in [0.15, 0.2) is 0 Å². The Kier molecular flexibility index (Phi) is 5.12. The molecule has 0 spiro atoms. The predicted molar refractivity (Wildman–Crippen MR) is 70.1 cm³/mol. The first kappa shape index (κ1) is 14.0. The summed E-state index contributed by atoms with van der Waals surface area (Å²) in [5.74, 6) is 0.284. The van der Waals surface area contributed by atoms with Crippen molar-refractivity contribution in [2.45, 2.75) is 13.8 Å². The lowest BCUT2D eigenvalue weighted by atomic mass is 10.1. The highest BCUT2D eigenvalue weighted by atomic mass is 16.2. The number of hydrogen-bond donors (Lipinski definition) is 1. The van der Waals surface area contributed by atoms with E-state index in [0.29, 0.717) is 24.5 Å². The van der Waals surface area contributed by atoms with Crippen LogP contribution >= 0.6 is 0 Å². The van der Waals surface area contributed by atoms with Gasteiger partial charge in [0.2, 0.25) is 0 Å². The van der Waals surface area contributed by atoms with E-state index in [0.717, 1.165) is 0 Å². The molecule has 0 fully saturated rings. The standard InChI is InChI=1S/C13H18N4O/c1-4-17(9-10(2)8-14)13(18)11-6-5-7-16-12(11)15-3/h5-7,10H,4,9H2,1-3H3,(H,15,16). The van der Waals surface area contributed by atoms with Gasteiger partial charge < -0.3 is 10.2 Å². The number of amides is 1. The molecule has 0 aliphatic carbocycles. The molecule has 1 aromatic rings. The van der Waals surface area contributed by atoms with Gasteiger partial charge in [0.25, 0.3) is 5.91 Å². The normalized spacial score (nSPS) is 11.4. The molecule has 0 aliphatic heterocycles. The van der Waals surface area contributed by atoms with Gasteiger partial charge in [-0.2, -0.15) is 5.26 Å². The van der Waals surface area contributed by atoms with E-state index in [1.807, 2.05) is 6.92 Å².